The van der Waals surface area contributed by atoms with Crippen LogP contribution in [0.5, 0.6) is 0 Å². The molecule has 0 spiro atoms. The molecule has 5 nitrogen and oxygen atoms in total. The van der Waals surface area contributed by atoms with E-state index >= 15 is 0 Å². The summed E-state index contributed by atoms with van der Waals surface area (Å²) in [7, 11) is -1.20. The Morgan fingerprint density at radius 2 is 1.94 bits per heavy atom. The second kappa shape index (κ2) is 8.09. The lowest BCUT2D eigenvalue weighted by molar-refractivity contribution is 0.282. The SMILES string of the molecule is CCN(CCNS(=O)(=O)CCCCNC)C1CC1. The van der Waals surface area contributed by atoms with Gasteiger partial charge in [-0.15, -0.1) is 0 Å². The van der Waals surface area contributed by atoms with E-state index in [1.165, 1.54) is 12.8 Å². The number of nitrogens with zero attached hydrogens (tertiary/aromatic N) is 1. The maximum absolute atomic E-state index is 11.7. The van der Waals surface area contributed by atoms with Crippen molar-refractivity contribution < 1.29 is 8.42 Å². The Morgan fingerprint density at radius 1 is 1.22 bits per heavy atom. The predicted octanol–water partition coefficient (Wildman–Crippen LogP) is 0.390. The summed E-state index contributed by atoms with van der Waals surface area (Å²) in [5.74, 6) is 0.240. The second-order valence-electron chi connectivity index (χ2n) is 4.88. The minimum absolute atomic E-state index is 0.240. The van der Waals surface area contributed by atoms with Crippen molar-refractivity contribution in [2.45, 2.75) is 38.6 Å². The highest BCUT2D eigenvalue weighted by Gasteiger charge is 2.27. The third-order valence-electron chi connectivity index (χ3n) is 3.28. The highest BCUT2D eigenvalue weighted by atomic mass is 32.2. The molecule has 1 fully saturated rings. The molecule has 0 heterocycles. The Morgan fingerprint density at radius 3 is 2.50 bits per heavy atom. The molecule has 0 aromatic rings. The molecule has 0 amide bonds. The largest absolute Gasteiger partial charge is 0.320 e. The van der Waals surface area contributed by atoms with Gasteiger partial charge in [0, 0.05) is 19.1 Å². The number of hydrogen-bond acceptors (Lipinski definition) is 4. The molecule has 0 unspecified atom stereocenters. The zero-order valence-electron chi connectivity index (χ0n) is 11.6. The molecular weight excluding hydrogens is 250 g/mol. The molecule has 1 saturated carbocycles. The first-order valence-electron chi connectivity index (χ1n) is 6.95. The topological polar surface area (TPSA) is 61.4 Å². The molecule has 2 N–H and O–H groups in total. The van der Waals surface area contributed by atoms with E-state index in [0.717, 1.165) is 32.5 Å². The molecule has 0 bridgehead atoms. The molecule has 1 aliphatic carbocycles. The molecule has 0 aromatic carbocycles. The Hall–Kier alpha value is -0.170. The Balaban J connectivity index is 2.12. The summed E-state index contributed by atoms with van der Waals surface area (Å²) in [5.41, 5.74) is 0. The van der Waals surface area contributed by atoms with Crippen molar-refractivity contribution in [2.24, 2.45) is 0 Å². The monoisotopic (exact) mass is 277 g/mol. The maximum Gasteiger partial charge on any atom is 0.211 e. The normalized spacial score (nSPS) is 16.4. The summed E-state index contributed by atoms with van der Waals surface area (Å²) in [6, 6.07) is 0.704. The fourth-order valence-electron chi connectivity index (χ4n) is 2.05. The van der Waals surface area contributed by atoms with Crippen molar-refractivity contribution in [3.05, 3.63) is 0 Å². The third kappa shape index (κ3) is 6.68. The number of hydrogen-bond donors (Lipinski definition) is 2. The van der Waals surface area contributed by atoms with E-state index in [-0.39, 0.29) is 5.75 Å². The highest BCUT2D eigenvalue weighted by Crippen LogP contribution is 2.25. The van der Waals surface area contributed by atoms with Crippen LogP contribution in [0.4, 0.5) is 0 Å². The van der Waals surface area contributed by atoms with Crippen LogP contribution in [-0.2, 0) is 10.0 Å². The van der Waals surface area contributed by atoms with Crippen LogP contribution in [0.1, 0.15) is 32.6 Å². The highest BCUT2D eigenvalue weighted by molar-refractivity contribution is 7.89. The zero-order valence-corrected chi connectivity index (χ0v) is 12.4. The molecule has 18 heavy (non-hydrogen) atoms. The van der Waals surface area contributed by atoms with Gasteiger partial charge < -0.3 is 5.32 Å². The van der Waals surface area contributed by atoms with Gasteiger partial charge in [-0.2, -0.15) is 0 Å². The molecule has 1 aliphatic rings. The standard InChI is InChI=1S/C12H27N3O2S/c1-3-15(12-6-7-12)10-9-14-18(16,17)11-5-4-8-13-2/h12-14H,3-11H2,1-2H3. The van der Waals surface area contributed by atoms with Crippen LogP contribution in [0.3, 0.4) is 0 Å². The molecule has 1 rings (SSSR count). The number of rotatable bonds is 11. The Bertz CT molecular complexity index is 315. The van der Waals surface area contributed by atoms with E-state index in [2.05, 4.69) is 21.9 Å². The average Bonchev–Trinajstić information content (AvgIpc) is 3.14. The fraction of sp³-hybridized carbons (Fsp3) is 1.00. The van der Waals surface area contributed by atoms with Gasteiger partial charge in [0.05, 0.1) is 5.75 Å². The molecule has 6 heteroatoms. The number of sulfonamides is 1. The second-order valence-corrected chi connectivity index (χ2v) is 6.81. The van der Waals surface area contributed by atoms with Crippen molar-refractivity contribution in [2.75, 3.05) is 39.0 Å². The molecule has 0 saturated heterocycles. The number of nitrogens with one attached hydrogen (secondary N) is 2. The summed E-state index contributed by atoms with van der Waals surface area (Å²) in [6.07, 6.45) is 4.16. The Labute approximate surface area is 111 Å². The van der Waals surface area contributed by atoms with Gasteiger partial charge >= 0.3 is 0 Å². The summed E-state index contributed by atoms with van der Waals surface area (Å²) >= 11 is 0. The summed E-state index contributed by atoms with van der Waals surface area (Å²) < 4.78 is 26.1. The van der Waals surface area contributed by atoms with E-state index in [1.807, 2.05) is 7.05 Å². The lowest BCUT2D eigenvalue weighted by Gasteiger charge is -2.19. The lowest BCUT2D eigenvalue weighted by atomic mass is 10.3. The maximum atomic E-state index is 11.7. The number of likely N-dealkylation sites (N-methyl/N-ethyl adjacent to an activating group) is 1. The van der Waals surface area contributed by atoms with Gasteiger partial charge in [-0.25, -0.2) is 13.1 Å². The van der Waals surface area contributed by atoms with Crippen LogP contribution in [0.15, 0.2) is 0 Å². The van der Waals surface area contributed by atoms with Crippen LogP contribution in [0.25, 0.3) is 0 Å². The van der Waals surface area contributed by atoms with Crippen molar-refractivity contribution in [1.82, 2.24) is 14.9 Å². The van der Waals surface area contributed by atoms with E-state index in [0.29, 0.717) is 12.6 Å². The van der Waals surface area contributed by atoms with Gasteiger partial charge in [-0.05, 0) is 45.8 Å². The quantitative estimate of drug-likeness (QED) is 0.536. The molecule has 0 radical (unpaired) electrons. The number of unbranched alkanes of at least 4 members (excludes halogenated alkanes) is 1. The average molecular weight is 277 g/mol. The smallest absolute Gasteiger partial charge is 0.211 e. The minimum atomic E-state index is -3.08. The molecule has 108 valence electrons. The summed E-state index contributed by atoms with van der Waals surface area (Å²) in [4.78, 5) is 2.35. The van der Waals surface area contributed by atoms with Crippen LogP contribution in [0.2, 0.25) is 0 Å². The fourth-order valence-corrected chi connectivity index (χ4v) is 3.18. The van der Waals surface area contributed by atoms with E-state index < -0.39 is 10.0 Å². The minimum Gasteiger partial charge on any atom is -0.320 e. The first-order chi connectivity index (χ1) is 8.59. The van der Waals surface area contributed by atoms with Gasteiger partial charge in [-0.3, -0.25) is 4.90 Å². The van der Waals surface area contributed by atoms with Gasteiger partial charge in [0.1, 0.15) is 0 Å². The first-order valence-corrected chi connectivity index (χ1v) is 8.60. The third-order valence-corrected chi connectivity index (χ3v) is 4.75. The Kier molecular flexibility index (Phi) is 7.14. The van der Waals surface area contributed by atoms with Gasteiger partial charge in [-0.1, -0.05) is 6.92 Å². The molecule has 0 aliphatic heterocycles. The predicted molar refractivity (Wildman–Crippen MR) is 75.2 cm³/mol. The van der Waals surface area contributed by atoms with E-state index in [4.69, 9.17) is 0 Å². The van der Waals surface area contributed by atoms with Crippen LogP contribution in [-0.4, -0.2) is 58.3 Å². The van der Waals surface area contributed by atoms with Gasteiger partial charge in [0.25, 0.3) is 0 Å². The molecule has 0 atom stereocenters. The van der Waals surface area contributed by atoms with Crippen molar-refractivity contribution in [3.63, 3.8) is 0 Å². The van der Waals surface area contributed by atoms with Crippen molar-refractivity contribution in [3.8, 4) is 0 Å². The van der Waals surface area contributed by atoms with Crippen LogP contribution in [0, 0.1) is 0 Å². The van der Waals surface area contributed by atoms with Crippen LogP contribution < -0.4 is 10.0 Å². The zero-order chi connectivity index (χ0) is 13.4. The van der Waals surface area contributed by atoms with E-state index in [9.17, 15) is 8.42 Å². The van der Waals surface area contributed by atoms with E-state index in [1.54, 1.807) is 0 Å². The first kappa shape index (κ1) is 15.9. The summed E-state index contributed by atoms with van der Waals surface area (Å²) in [6.45, 7) is 5.38. The van der Waals surface area contributed by atoms with Crippen molar-refractivity contribution >= 4 is 10.0 Å². The lowest BCUT2D eigenvalue weighted by Crippen LogP contribution is -2.37. The molecular formula is C12H27N3O2S. The van der Waals surface area contributed by atoms with Gasteiger partial charge in [0.15, 0.2) is 0 Å². The van der Waals surface area contributed by atoms with Crippen molar-refractivity contribution in [1.29, 1.82) is 0 Å². The molecule has 0 aromatic heterocycles. The van der Waals surface area contributed by atoms with Crippen LogP contribution >= 0.6 is 0 Å². The summed E-state index contributed by atoms with van der Waals surface area (Å²) in [5, 5.41) is 3.02. The van der Waals surface area contributed by atoms with Gasteiger partial charge in [0.2, 0.25) is 10.0 Å².